The molecular weight excluding hydrogens is 875 g/mol. The summed E-state index contributed by atoms with van der Waals surface area (Å²) in [4.78, 5) is 15.1. The van der Waals surface area contributed by atoms with Crippen molar-refractivity contribution in [2.45, 2.75) is 0 Å². The minimum atomic E-state index is -6.00. The van der Waals surface area contributed by atoms with E-state index in [0.29, 0.717) is 23.5 Å². The molecule has 0 unspecified atom stereocenters. The van der Waals surface area contributed by atoms with E-state index in [1.165, 1.54) is 0 Å². The van der Waals surface area contributed by atoms with Crippen molar-refractivity contribution in [1.29, 1.82) is 0 Å². The fraction of sp³-hybridized carbons (Fsp3) is 0.167. The molecule has 0 saturated carbocycles. The maximum atomic E-state index is 9.75. The van der Waals surface area contributed by atoms with Crippen LogP contribution in [0, 0.1) is 0 Å². The smallest absolute Gasteiger partial charge is 0.418 e. The molecule has 0 aliphatic rings. The molecule has 0 bridgehead atoms. The summed E-state index contributed by atoms with van der Waals surface area (Å²) in [6, 6.07) is 22.9. The van der Waals surface area contributed by atoms with Gasteiger partial charge in [0.2, 0.25) is 0 Å². The molecule has 4 heterocycles. The van der Waals surface area contributed by atoms with Crippen molar-refractivity contribution in [3.05, 3.63) is 122 Å². The zero-order chi connectivity index (χ0) is 32.8. The molecule has 0 radical (unpaired) electrons. The van der Waals surface area contributed by atoms with E-state index in [2.05, 4.69) is 19.9 Å². The molecule has 0 amide bonds. The number of hydrogen-bond donors (Lipinski definition) is 0. The molecule has 0 aliphatic heterocycles. The molecule has 4 nitrogen and oxygen atoms in total. The molecule has 0 aliphatic carbocycles. The van der Waals surface area contributed by atoms with Crippen LogP contribution in [0.2, 0.25) is 0 Å². The zero-order valence-corrected chi connectivity index (χ0v) is 28.4. The van der Waals surface area contributed by atoms with Crippen molar-refractivity contribution in [3.8, 4) is 0 Å². The van der Waals surface area contributed by atoms with Crippen molar-refractivity contribution in [3.63, 3.8) is 0 Å². The predicted molar refractivity (Wildman–Crippen MR) is 160 cm³/mol. The Morgan fingerprint density at radius 1 is 0.318 bits per heavy atom. The largest absolute Gasteiger partial charge is 1.00 e. The van der Waals surface area contributed by atoms with Crippen molar-refractivity contribution >= 4 is 60.9 Å². The molecule has 256 valence electrons. The summed E-state index contributed by atoms with van der Waals surface area (Å²) in [5.41, 5.74) is 0. The molecule has 4 rings (SSSR count). The van der Waals surface area contributed by atoms with Crippen molar-refractivity contribution in [2.24, 2.45) is 0 Å². The Kier molecular flexibility index (Phi) is 58.0. The van der Waals surface area contributed by atoms with Gasteiger partial charge in [-0.05, 0) is 48.5 Å². The molecule has 0 saturated heterocycles. The molecule has 44 heavy (non-hydrogen) atoms. The van der Waals surface area contributed by atoms with Gasteiger partial charge in [0.1, 0.15) is 0 Å². The Bertz CT molecular complexity index is 692. The first-order valence-corrected chi connectivity index (χ1v) is 13.4. The molecule has 20 heteroatoms. The Morgan fingerprint density at radius 2 is 0.432 bits per heavy atom. The van der Waals surface area contributed by atoms with Gasteiger partial charge in [-0.3, -0.25) is 19.9 Å². The number of aromatic nitrogens is 4. The fourth-order valence-corrected chi connectivity index (χ4v) is 1.25. The second-order valence-electron chi connectivity index (χ2n) is 5.84. The number of halogens is 12. The van der Waals surface area contributed by atoms with E-state index in [1.807, 2.05) is 72.8 Å². The first-order chi connectivity index (χ1) is 19.8. The van der Waals surface area contributed by atoms with E-state index in [-0.39, 0.29) is 44.8 Å². The van der Waals surface area contributed by atoms with Crippen molar-refractivity contribution in [2.75, 3.05) is 23.5 Å². The van der Waals surface area contributed by atoms with Gasteiger partial charge in [-0.25, -0.2) is 0 Å². The average molecular weight is 904 g/mol. The summed E-state index contributed by atoms with van der Waals surface area (Å²) >= 11 is 20.2. The van der Waals surface area contributed by atoms with Gasteiger partial charge < -0.3 is 34.5 Å². The minimum Gasteiger partial charge on any atom is -0.418 e. The van der Waals surface area contributed by atoms with E-state index in [9.17, 15) is 34.5 Å². The van der Waals surface area contributed by atoms with Crippen LogP contribution in [-0.4, -0.2) is 58.0 Å². The summed E-state index contributed by atoms with van der Waals surface area (Å²) in [7, 11) is -12.0. The van der Waals surface area contributed by atoms with Gasteiger partial charge in [-0.15, -0.1) is 46.4 Å². The number of hydrogen-bond acceptors (Lipinski definition) is 4. The van der Waals surface area contributed by atoms with Crippen LogP contribution in [0.25, 0.3) is 0 Å². The van der Waals surface area contributed by atoms with Crippen LogP contribution >= 0.6 is 46.4 Å². The van der Waals surface area contributed by atoms with Crippen molar-refractivity contribution < 1.29 is 79.3 Å². The molecule has 0 aromatic carbocycles. The third-order valence-corrected chi connectivity index (χ3v) is 3.55. The first-order valence-electron chi connectivity index (χ1n) is 11.2. The van der Waals surface area contributed by atoms with Gasteiger partial charge in [0.05, 0.1) is 0 Å². The van der Waals surface area contributed by atoms with E-state index in [1.54, 1.807) is 49.6 Å². The SMILES string of the molecule is ClCCCl.ClCCCl.F[B-](F)(F)F.F[B-](F)(F)F.[Ag+].[Ag+].c1ccncc1.c1ccncc1.c1ccncc1.c1ccncc1. The summed E-state index contributed by atoms with van der Waals surface area (Å²) in [6.07, 6.45) is 14.0. The molecule has 4 aromatic heterocycles. The van der Waals surface area contributed by atoms with Crippen LogP contribution in [0.4, 0.5) is 34.5 Å². The zero-order valence-electron chi connectivity index (χ0n) is 22.5. The Morgan fingerprint density at radius 3 is 0.455 bits per heavy atom. The van der Waals surface area contributed by atoms with Crippen LogP contribution in [0.5, 0.6) is 0 Å². The van der Waals surface area contributed by atoms with E-state index in [0.717, 1.165) is 0 Å². The number of rotatable bonds is 2. The molecular formula is C24H28Ag2B2Cl4F8N4. The van der Waals surface area contributed by atoms with E-state index >= 15 is 0 Å². The van der Waals surface area contributed by atoms with Crippen LogP contribution in [0.15, 0.2) is 122 Å². The van der Waals surface area contributed by atoms with Gasteiger partial charge >= 0.3 is 59.3 Å². The Labute approximate surface area is 303 Å². The molecule has 0 fully saturated rings. The van der Waals surface area contributed by atoms with Crippen LogP contribution in [0.1, 0.15) is 0 Å². The van der Waals surface area contributed by atoms with Gasteiger partial charge in [-0.1, -0.05) is 24.3 Å². The van der Waals surface area contributed by atoms with E-state index in [4.69, 9.17) is 46.4 Å². The normalized spacial score (nSPS) is 8.45. The Balaban J connectivity index is -0.0000000937. The first kappa shape index (κ1) is 55.2. The van der Waals surface area contributed by atoms with Gasteiger partial charge in [0.25, 0.3) is 0 Å². The quantitative estimate of drug-likeness (QED) is 0.114. The Hall–Kier alpha value is -1.19. The van der Waals surface area contributed by atoms with Crippen LogP contribution in [0.3, 0.4) is 0 Å². The number of nitrogens with zero attached hydrogens (tertiary/aromatic N) is 4. The molecule has 0 spiro atoms. The van der Waals surface area contributed by atoms with Crippen LogP contribution in [-0.2, 0) is 44.8 Å². The maximum absolute atomic E-state index is 9.75. The second-order valence-corrected chi connectivity index (χ2v) is 7.36. The predicted octanol–water partition coefficient (Wildman–Crippen LogP) is 9.85. The monoisotopic (exact) mass is 900 g/mol. The maximum Gasteiger partial charge on any atom is 1.00 e. The van der Waals surface area contributed by atoms with Gasteiger partial charge in [-0.2, -0.15) is 0 Å². The molecule has 4 aromatic rings. The summed E-state index contributed by atoms with van der Waals surface area (Å²) in [6.45, 7) is 0. The van der Waals surface area contributed by atoms with Crippen molar-refractivity contribution in [1.82, 2.24) is 19.9 Å². The summed E-state index contributed by atoms with van der Waals surface area (Å²) in [5.74, 6) is 2.23. The average Bonchev–Trinajstić information content (AvgIpc) is 3.00. The van der Waals surface area contributed by atoms with Gasteiger partial charge in [0, 0.05) is 73.1 Å². The fourth-order valence-electron chi connectivity index (χ4n) is 1.25. The van der Waals surface area contributed by atoms with Gasteiger partial charge in [0.15, 0.2) is 0 Å². The summed E-state index contributed by atoms with van der Waals surface area (Å²) < 4.78 is 78.0. The van der Waals surface area contributed by atoms with Crippen LogP contribution < -0.4 is 0 Å². The molecule has 0 atom stereocenters. The van der Waals surface area contributed by atoms with E-state index < -0.39 is 14.5 Å². The summed E-state index contributed by atoms with van der Waals surface area (Å²) in [5, 5.41) is 0. The number of pyridine rings is 4. The molecule has 0 N–H and O–H groups in total. The minimum absolute atomic E-state index is 0. The topological polar surface area (TPSA) is 51.6 Å². The third kappa shape index (κ3) is 105. The third-order valence-electron chi connectivity index (χ3n) is 2.41. The standard InChI is InChI=1S/4C5H5N.2C2H4Cl2.2Ag.2BF4/c4*1-2-4-6-5-3-1;2*3-1-2-4;;;2*2-1(3,4)5/h4*1-5H;2*1-2H2;;;;/q;;;;;;2*+1;2*-1. The number of alkyl halides is 4. The second kappa shape index (κ2) is 46.2.